The summed E-state index contributed by atoms with van der Waals surface area (Å²) in [5.41, 5.74) is 2.51. The number of aromatic nitrogens is 1. The first-order valence-electron chi connectivity index (χ1n) is 4.47. The van der Waals surface area contributed by atoms with Crippen LogP contribution < -0.4 is 11.3 Å². The molecule has 1 unspecified atom stereocenters. The maximum atomic E-state index is 12.3. The van der Waals surface area contributed by atoms with Gasteiger partial charge >= 0.3 is 6.18 Å². The maximum Gasteiger partial charge on any atom is 0.443 e. The van der Waals surface area contributed by atoms with Crippen molar-refractivity contribution in [2.24, 2.45) is 5.84 Å². The van der Waals surface area contributed by atoms with Gasteiger partial charge in [-0.2, -0.15) is 24.9 Å². The predicted molar refractivity (Wildman–Crippen MR) is 60.2 cm³/mol. The molecule has 1 heterocycles. The van der Waals surface area contributed by atoms with Gasteiger partial charge in [0.2, 0.25) is 0 Å². The van der Waals surface area contributed by atoms with Gasteiger partial charge in [0.1, 0.15) is 0 Å². The lowest BCUT2D eigenvalue weighted by Crippen LogP contribution is -2.27. The Morgan fingerprint density at radius 3 is 2.75 bits per heavy atom. The van der Waals surface area contributed by atoms with Crippen molar-refractivity contribution < 1.29 is 13.2 Å². The number of thiazole rings is 1. The summed E-state index contributed by atoms with van der Waals surface area (Å²) in [6, 6.07) is -0.263. The van der Waals surface area contributed by atoms with Gasteiger partial charge in [-0.15, -0.1) is 11.3 Å². The summed E-state index contributed by atoms with van der Waals surface area (Å²) in [6.45, 7) is 0. The van der Waals surface area contributed by atoms with Crippen LogP contribution in [0.2, 0.25) is 0 Å². The SMILES string of the molecule is CSCCC(NN)c1cnc(C(F)(F)F)s1. The van der Waals surface area contributed by atoms with Crippen LogP contribution in [0.1, 0.15) is 22.3 Å². The first kappa shape index (κ1) is 13.8. The van der Waals surface area contributed by atoms with Crippen LogP contribution in [0.5, 0.6) is 0 Å². The number of nitrogens with one attached hydrogen (secondary N) is 1. The zero-order valence-electron chi connectivity index (χ0n) is 8.54. The van der Waals surface area contributed by atoms with E-state index < -0.39 is 11.2 Å². The van der Waals surface area contributed by atoms with Crippen LogP contribution in [-0.2, 0) is 6.18 Å². The predicted octanol–water partition coefficient (Wildman–Crippen LogP) is 2.42. The fourth-order valence-corrected chi connectivity index (χ4v) is 2.47. The molecule has 1 rings (SSSR count). The first-order valence-corrected chi connectivity index (χ1v) is 6.68. The highest BCUT2D eigenvalue weighted by Gasteiger charge is 2.35. The van der Waals surface area contributed by atoms with Gasteiger partial charge in [-0.05, 0) is 18.4 Å². The van der Waals surface area contributed by atoms with E-state index in [0.29, 0.717) is 22.6 Å². The molecule has 1 aromatic heterocycles. The normalized spacial score (nSPS) is 14.1. The molecule has 0 aromatic carbocycles. The number of nitrogens with zero attached hydrogens (tertiary/aromatic N) is 1. The second kappa shape index (κ2) is 5.85. The van der Waals surface area contributed by atoms with Crippen LogP contribution in [0.15, 0.2) is 6.20 Å². The largest absolute Gasteiger partial charge is 0.443 e. The highest BCUT2D eigenvalue weighted by molar-refractivity contribution is 7.98. The molecule has 0 saturated carbocycles. The highest BCUT2D eigenvalue weighted by Crippen LogP contribution is 2.34. The average molecular weight is 271 g/mol. The quantitative estimate of drug-likeness (QED) is 0.638. The number of nitrogens with two attached hydrogens (primary N) is 1. The number of hydrazine groups is 1. The monoisotopic (exact) mass is 271 g/mol. The molecule has 0 spiro atoms. The summed E-state index contributed by atoms with van der Waals surface area (Å²) >= 11 is 2.25. The van der Waals surface area contributed by atoms with Gasteiger partial charge in [0.25, 0.3) is 0 Å². The van der Waals surface area contributed by atoms with Crippen LogP contribution in [0.3, 0.4) is 0 Å². The number of alkyl halides is 3. The molecule has 0 aliphatic rings. The summed E-state index contributed by atoms with van der Waals surface area (Å²) in [7, 11) is 0. The Labute approximate surface area is 99.6 Å². The van der Waals surface area contributed by atoms with Gasteiger partial charge in [0, 0.05) is 11.1 Å². The van der Waals surface area contributed by atoms with Crippen LogP contribution in [0, 0.1) is 0 Å². The maximum absolute atomic E-state index is 12.3. The Kier molecular flexibility index (Phi) is 5.03. The molecule has 16 heavy (non-hydrogen) atoms. The standard InChI is InChI=1S/C8H12F3N3S2/c1-15-3-2-5(14-12)6-4-13-7(16-6)8(9,10)11/h4-5,14H,2-3,12H2,1H3. The molecular weight excluding hydrogens is 259 g/mol. The van der Waals surface area contributed by atoms with Crippen LogP contribution >= 0.6 is 23.1 Å². The number of hydrogen-bond donors (Lipinski definition) is 2. The molecule has 0 saturated heterocycles. The van der Waals surface area contributed by atoms with Gasteiger partial charge in [-0.3, -0.25) is 11.3 Å². The molecule has 0 bridgehead atoms. The van der Waals surface area contributed by atoms with Gasteiger partial charge in [-0.1, -0.05) is 0 Å². The van der Waals surface area contributed by atoms with Crippen molar-refractivity contribution in [3.05, 3.63) is 16.1 Å². The van der Waals surface area contributed by atoms with Crippen LogP contribution in [0.25, 0.3) is 0 Å². The van der Waals surface area contributed by atoms with Crippen LogP contribution in [-0.4, -0.2) is 17.0 Å². The summed E-state index contributed by atoms with van der Waals surface area (Å²) < 4.78 is 36.9. The zero-order valence-corrected chi connectivity index (χ0v) is 10.2. The minimum absolute atomic E-state index is 0.263. The van der Waals surface area contributed by atoms with Crippen LogP contribution in [0.4, 0.5) is 13.2 Å². The average Bonchev–Trinajstić information content (AvgIpc) is 2.68. The van der Waals surface area contributed by atoms with Crippen molar-refractivity contribution in [1.82, 2.24) is 10.4 Å². The van der Waals surface area contributed by atoms with Gasteiger partial charge < -0.3 is 0 Å². The van der Waals surface area contributed by atoms with E-state index in [1.54, 1.807) is 11.8 Å². The second-order valence-electron chi connectivity index (χ2n) is 3.07. The lowest BCUT2D eigenvalue weighted by atomic mass is 10.2. The smallest absolute Gasteiger partial charge is 0.271 e. The van der Waals surface area contributed by atoms with E-state index in [4.69, 9.17) is 5.84 Å². The number of hydrogen-bond acceptors (Lipinski definition) is 5. The second-order valence-corrected chi connectivity index (χ2v) is 5.11. The van der Waals surface area contributed by atoms with Gasteiger partial charge in [-0.25, -0.2) is 4.98 Å². The Morgan fingerprint density at radius 1 is 1.62 bits per heavy atom. The van der Waals surface area contributed by atoms with E-state index >= 15 is 0 Å². The van der Waals surface area contributed by atoms with E-state index in [0.717, 1.165) is 5.75 Å². The Balaban J connectivity index is 2.75. The highest BCUT2D eigenvalue weighted by atomic mass is 32.2. The molecule has 0 amide bonds. The fraction of sp³-hybridized carbons (Fsp3) is 0.625. The van der Waals surface area contributed by atoms with Crippen molar-refractivity contribution in [3.8, 4) is 0 Å². The van der Waals surface area contributed by atoms with E-state index in [1.807, 2.05) is 6.26 Å². The molecule has 3 N–H and O–H groups in total. The molecule has 1 aromatic rings. The summed E-state index contributed by atoms with van der Waals surface area (Å²) in [5.74, 6) is 6.13. The third-order valence-electron chi connectivity index (χ3n) is 1.92. The molecule has 1 atom stereocenters. The topological polar surface area (TPSA) is 50.9 Å². The van der Waals surface area contributed by atoms with Crippen molar-refractivity contribution in [1.29, 1.82) is 0 Å². The lowest BCUT2D eigenvalue weighted by Gasteiger charge is -2.12. The third-order valence-corrected chi connectivity index (χ3v) is 3.72. The zero-order chi connectivity index (χ0) is 12.2. The Hall–Kier alpha value is -0.310. The van der Waals surface area contributed by atoms with Crippen molar-refractivity contribution in [2.75, 3.05) is 12.0 Å². The minimum atomic E-state index is -4.37. The van der Waals surface area contributed by atoms with Crippen molar-refractivity contribution >= 4 is 23.1 Å². The fourth-order valence-electron chi connectivity index (χ4n) is 1.12. The molecular formula is C8H12F3N3S2. The molecule has 92 valence electrons. The number of rotatable bonds is 5. The molecule has 0 radical (unpaired) electrons. The molecule has 0 aliphatic carbocycles. The minimum Gasteiger partial charge on any atom is -0.271 e. The molecule has 3 nitrogen and oxygen atoms in total. The Morgan fingerprint density at radius 2 is 2.31 bits per heavy atom. The summed E-state index contributed by atoms with van der Waals surface area (Å²) in [4.78, 5) is 3.87. The summed E-state index contributed by atoms with van der Waals surface area (Å²) in [5, 5.41) is -0.827. The van der Waals surface area contributed by atoms with E-state index in [-0.39, 0.29) is 6.04 Å². The van der Waals surface area contributed by atoms with E-state index in [9.17, 15) is 13.2 Å². The van der Waals surface area contributed by atoms with Gasteiger partial charge in [0.15, 0.2) is 5.01 Å². The number of thioether (sulfide) groups is 1. The van der Waals surface area contributed by atoms with Crippen molar-refractivity contribution in [2.45, 2.75) is 18.6 Å². The van der Waals surface area contributed by atoms with Crippen molar-refractivity contribution in [3.63, 3.8) is 0 Å². The van der Waals surface area contributed by atoms with E-state index in [1.165, 1.54) is 6.20 Å². The molecule has 8 heteroatoms. The molecule has 0 aliphatic heterocycles. The molecule has 0 fully saturated rings. The Bertz CT molecular complexity index is 327. The van der Waals surface area contributed by atoms with E-state index in [2.05, 4.69) is 10.4 Å². The number of halogens is 3. The third kappa shape index (κ3) is 3.62. The first-order chi connectivity index (χ1) is 7.49. The summed E-state index contributed by atoms with van der Waals surface area (Å²) in [6.07, 6.45) is -0.529. The lowest BCUT2D eigenvalue weighted by molar-refractivity contribution is -0.137. The van der Waals surface area contributed by atoms with Gasteiger partial charge in [0.05, 0.1) is 6.04 Å².